The lowest BCUT2D eigenvalue weighted by molar-refractivity contribution is -0.144. The Labute approximate surface area is 296 Å². The quantitative estimate of drug-likeness (QED) is 0.168. The number of fused-ring (bicyclic) bond motifs is 2. The summed E-state index contributed by atoms with van der Waals surface area (Å²) in [5, 5.41) is -0.132. The molecule has 0 saturated carbocycles. The van der Waals surface area contributed by atoms with E-state index in [1.165, 1.54) is 84.9 Å². The molecule has 14 heteroatoms. The van der Waals surface area contributed by atoms with Crippen molar-refractivity contribution >= 4 is 22.1 Å². The summed E-state index contributed by atoms with van der Waals surface area (Å²) in [7, 11) is 0. The molecule has 0 bridgehead atoms. The predicted octanol–water partition coefficient (Wildman–Crippen LogP) is 12.2. The Morgan fingerprint density at radius 1 is 0.463 bits per heavy atom. The summed E-state index contributed by atoms with van der Waals surface area (Å²) in [6.07, 6.45) is -21.7. The van der Waals surface area contributed by atoms with Crippen molar-refractivity contribution in [2.24, 2.45) is 0 Å². The van der Waals surface area contributed by atoms with E-state index in [9.17, 15) is 57.5 Å². The minimum atomic E-state index is -5.44. The lowest BCUT2D eigenvalue weighted by Gasteiger charge is -2.35. The van der Waals surface area contributed by atoms with Gasteiger partial charge in [-0.3, -0.25) is 4.79 Å². The van der Waals surface area contributed by atoms with Gasteiger partial charge in [-0.1, -0.05) is 72.8 Å². The number of hydrogen-bond donors (Lipinski definition) is 0. The van der Waals surface area contributed by atoms with Crippen LogP contribution in [0.1, 0.15) is 55.8 Å². The minimum Gasteiger partial charge on any atom is -0.458 e. The molecule has 2 nitrogen and oxygen atoms in total. The van der Waals surface area contributed by atoms with E-state index in [4.69, 9.17) is 4.42 Å². The number of para-hydroxylation sites is 1. The van der Waals surface area contributed by atoms with Crippen LogP contribution in [-0.4, -0.2) is 0 Å². The zero-order valence-corrected chi connectivity index (χ0v) is 26.9. The lowest BCUT2D eigenvalue weighted by Crippen LogP contribution is -2.31. The minimum absolute atomic E-state index is 0.0110. The van der Waals surface area contributed by atoms with Crippen LogP contribution in [0.5, 0.6) is 0 Å². The first-order valence-corrected chi connectivity index (χ1v) is 15.7. The normalized spacial score (nSPS) is 16.6. The summed E-state index contributed by atoms with van der Waals surface area (Å²) in [6.45, 7) is 0. The van der Waals surface area contributed by atoms with Gasteiger partial charge in [0.1, 0.15) is 16.8 Å². The summed E-state index contributed by atoms with van der Waals surface area (Å²) in [6, 6.07) is 19.9. The predicted molar refractivity (Wildman–Crippen MR) is 174 cm³/mol. The third-order valence-electron chi connectivity index (χ3n) is 9.18. The van der Waals surface area contributed by atoms with Crippen LogP contribution in [0.2, 0.25) is 0 Å². The number of halogens is 12. The van der Waals surface area contributed by atoms with Crippen molar-refractivity contribution in [1.29, 1.82) is 0 Å². The van der Waals surface area contributed by atoms with Crippen LogP contribution in [0.4, 0.5) is 52.7 Å². The highest BCUT2D eigenvalue weighted by atomic mass is 19.4. The van der Waals surface area contributed by atoms with Crippen molar-refractivity contribution < 1.29 is 57.1 Å². The molecule has 276 valence electrons. The van der Waals surface area contributed by atoms with Gasteiger partial charge >= 0.3 is 24.7 Å². The highest BCUT2D eigenvalue weighted by molar-refractivity contribution is 6.11. The van der Waals surface area contributed by atoms with Gasteiger partial charge in [-0.15, -0.1) is 0 Å². The third-order valence-corrected chi connectivity index (χ3v) is 9.18. The first-order valence-electron chi connectivity index (χ1n) is 15.7. The van der Waals surface area contributed by atoms with E-state index in [1.54, 1.807) is 0 Å². The maximum absolute atomic E-state index is 14.6. The molecule has 1 unspecified atom stereocenters. The molecule has 0 spiro atoms. The van der Waals surface area contributed by atoms with Crippen LogP contribution < -0.4 is 5.43 Å². The Hall–Kier alpha value is -5.79. The third kappa shape index (κ3) is 6.02. The molecule has 0 radical (unpaired) electrons. The standard InChI is InChI=1S/C40H20F12O2/c41-37(42,43)25-15-22(16-26(19-25)38(44,45)46)33-31(21-9-3-1-4-10-21)32-34(53)29-13-7-8-14-30(29)54-35(32)36(33,23-11-5-2-6-12-23)24-17-27(39(47,48)49)20-28(18-24)40(50,51)52/h1-20H. The second kappa shape index (κ2) is 12.4. The van der Waals surface area contributed by atoms with E-state index in [2.05, 4.69) is 0 Å². The van der Waals surface area contributed by atoms with Crippen molar-refractivity contribution in [3.05, 3.63) is 187 Å². The SMILES string of the molecule is O=c1c2c(oc3ccccc13)C(c1ccccc1)(c1cc(C(F)(F)F)cc(C(F)(F)F)c1)C(c1cc(C(F)(F)F)cc(C(F)(F)F)c1)=C2c1ccccc1. The molecule has 1 aliphatic carbocycles. The molecule has 0 saturated heterocycles. The molecular formula is C40H20F12O2. The first kappa shape index (κ1) is 36.6. The molecule has 5 aromatic carbocycles. The summed E-state index contributed by atoms with van der Waals surface area (Å²) >= 11 is 0. The maximum Gasteiger partial charge on any atom is 0.416 e. The highest BCUT2D eigenvalue weighted by Gasteiger charge is 2.54. The zero-order valence-electron chi connectivity index (χ0n) is 26.9. The fraction of sp³-hybridized carbons (Fsp3) is 0.125. The Morgan fingerprint density at radius 3 is 1.41 bits per heavy atom. The van der Waals surface area contributed by atoms with Gasteiger partial charge in [0.25, 0.3) is 0 Å². The maximum atomic E-state index is 14.6. The molecule has 1 heterocycles. The highest BCUT2D eigenvalue weighted by Crippen LogP contribution is 2.61. The Kier molecular flexibility index (Phi) is 8.39. The van der Waals surface area contributed by atoms with E-state index in [1.807, 2.05) is 0 Å². The van der Waals surface area contributed by atoms with Gasteiger partial charge in [-0.2, -0.15) is 52.7 Å². The van der Waals surface area contributed by atoms with Crippen molar-refractivity contribution in [2.75, 3.05) is 0 Å². The van der Waals surface area contributed by atoms with E-state index in [-0.39, 0.29) is 39.8 Å². The number of benzene rings is 5. The molecule has 7 rings (SSSR count). The molecule has 0 amide bonds. The first-order chi connectivity index (χ1) is 25.2. The molecule has 54 heavy (non-hydrogen) atoms. The average molecular weight is 761 g/mol. The molecule has 6 aromatic rings. The van der Waals surface area contributed by atoms with Gasteiger partial charge in [0, 0.05) is 5.57 Å². The van der Waals surface area contributed by atoms with Crippen LogP contribution in [0, 0.1) is 0 Å². The second-order valence-corrected chi connectivity index (χ2v) is 12.5. The summed E-state index contributed by atoms with van der Waals surface area (Å²) < 4.78 is 180. The van der Waals surface area contributed by atoms with Crippen molar-refractivity contribution in [3.8, 4) is 0 Å². The summed E-state index contributed by atoms with van der Waals surface area (Å²) in [5.41, 5.74) is -14.7. The smallest absolute Gasteiger partial charge is 0.416 e. The summed E-state index contributed by atoms with van der Waals surface area (Å²) in [5.74, 6) is -0.621. The Morgan fingerprint density at radius 2 is 0.907 bits per heavy atom. The van der Waals surface area contributed by atoms with Crippen LogP contribution in [-0.2, 0) is 30.1 Å². The van der Waals surface area contributed by atoms with Crippen LogP contribution in [0.25, 0.3) is 22.1 Å². The topological polar surface area (TPSA) is 30.2 Å². The molecule has 1 aromatic heterocycles. The Bertz CT molecular complexity index is 2440. The van der Waals surface area contributed by atoms with Gasteiger partial charge in [0.2, 0.25) is 5.43 Å². The molecule has 1 atom stereocenters. The van der Waals surface area contributed by atoms with Crippen LogP contribution >= 0.6 is 0 Å². The average Bonchev–Trinajstić information content (AvgIpc) is 3.42. The van der Waals surface area contributed by atoms with E-state index in [0.717, 1.165) is 0 Å². The van der Waals surface area contributed by atoms with Gasteiger partial charge in [-0.25, -0.2) is 0 Å². The number of hydrogen-bond acceptors (Lipinski definition) is 2. The van der Waals surface area contributed by atoms with Gasteiger partial charge in [0.05, 0.1) is 33.2 Å². The number of allylic oxidation sites excluding steroid dienone is 1. The van der Waals surface area contributed by atoms with E-state index >= 15 is 0 Å². The zero-order chi connectivity index (χ0) is 39.0. The number of alkyl halides is 12. The van der Waals surface area contributed by atoms with Gasteiger partial charge in [0.15, 0.2) is 0 Å². The van der Waals surface area contributed by atoms with Crippen molar-refractivity contribution in [2.45, 2.75) is 30.1 Å². The largest absolute Gasteiger partial charge is 0.458 e. The summed E-state index contributed by atoms with van der Waals surface area (Å²) in [4.78, 5) is 14.6. The molecule has 0 N–H and O–H groups in total. The molecular weight excluding hydrogens is 740 g/mol. The monoisotopic (exact) mass is 760 g/mol. The van der Waals surface area contributed by atoms with Crippen LogP contribution in [0.15, 0.2) is 131 Å². The fourth-order valence-corrected chi connectivity index (χ4v) is 6.99. The van der Waals surface area contributed by atoms with E-state index < -0.39 is 85.8 Å². The van der Waals surface area contributed by atoms with Crippen LogP contribution in [0.3, 0.4) is 0 Å². The van der Waals surface area contributed by atoms with Crippen molar-refractivity contribution in [3.63, 3.8) is 0 Å². The molecule has 0 fully saturated rings. The lowest BCUT2D eigenvalue weighted by atomic mass is 9.66. The second-order valence-electron chi connectivity index (χ2n) is 12.5. The van der Waals surface area contributed by atoms with Gasteiger partial charge in [-0.05, 0) is 76.4 Å². The van der Waals surface area contributed by atoms with Crippen molar-refractivity contribution in [1.82, 2.24) is 0 Å². The van der Waals surface area contributed by atoms with Gasteiger partial charge < -0.3 is 4.42 Å². The fourth-order valence-electron chi connectivity index (χ4n) is 6.99. The molecule has 0 aliphatic heterocycles. The Balaban J connectivity index is 1.83. The number of rotatable bonds is 4. The molecule has 1 aliphatic rings. The van der Waals surface area contributed by atoms with E-state index in [0.29, 0.717) is 24.3 Å².